The molecule has 21 heavy (non-hydrogen) atoms. The number of hydrogen-bond acceptors (Lipinski definition) is 2. The SMILES string of the molecule is CCNC(Cc1cc(C)nn1CC)C1CCCCCCC1. The molecule has 1 aliphatic carbocycles. The van der Waals surface area contributed by atoms with E-state index in [2.05, 4.69) is 41.9 Å². The van der Waals surface area contributed by atoms with Crippen molar-refractivity contribution in [3.8, 4) is 0 Å². The Labute approximate surface area is 130 Å². The lowest BCUT2D eigenvalue weighted by Gasteiger charge is -2.29. The summed E-state index contributed by atoms with van der Waals surface area (Å²) in [6, 6.07) is 2.89. The van der Waals surface area contributed by atoms with Crippen LogP contribution in [0.5, 0.6) is 0 Å². The molecule has 1 atom stereocenters. The van der Waals surface area contributed by atoms with Crippen molar-refractivity contribution in [2.45, 2.75) is 84.7 Å². The van der Waals surface area contributed by atoms with Gasteiger partial charge in [-0.25, -0.2) is 0 Å². The molecule has 1 heterocycles. The normalized spacial score (nSPS) is 19.2. The Bertz CT molecular complexity index is 403. The van der Waals surface area contributed by atoms with Gasteiger partial charge in [0, 0.05) is 24.7 Å². The number of rotatable bonds is 6. The fourth-order valence-corrected chi connectivity index (χ4v) is 3.82. The highest BCUT2D eigenvalue weighted by Gasteiger charge is 2.23. The second kappa shape index (κ2) is 8.57. The molecular formula is C18H33N3. The maximum atomic E-state index is 4.61. The van der Waals surface area contributed by atoms with Crippen LogP contribution in [0.1, 0.15) is 70.2 Å². The van der Waals surface area contributed by atoms with Gasteiger partial charge in [-0.2, -0.15) is 5.10 Å². The molecular weight excluding hydrogens is 258 g/mol. The van der Waals surface area contributed by atoms with E-state index < -0.39 is 0 Å². The molecule has 1 fully saturated rings. The second-order valence-electron chi connectivity index (χ2n) is 6.57. The number of aromatic nitrogens is 2. The molecule has 0 amide bonds. The first-order valence-corrected chi connectivity index (χ1v) is 9.01. The molecule has 3 nitrogen and oxygen atoms in total. The molecule has 2 rings (SSSR count). The van der Waals surface area contributed by atoms with Crippen LogP contribution >= 0.6 is 0 Å². The minimum Gasteiger partial charge on any atom is -0.314 e. The molecule has 1 aromatic heterocycles. The van der Waals surface area contributed by atoms with Gasteiger partial charge in [0.25, 0.3) is 0 Å². The Balaban J connectivity index is 2.05. The van der Waals surface area contributed by atoms with Crippen molar-refractivity contribution >= 4 is 0 Å². The zero-order valence-electron chi connectivity index (χ0n) is 14.2. The van der Waals surface area contributed by atoms with Crippen molar-refractivity contribution in [1.29, 1.82) is 0 Å². The fourth-order valence-electron chi connectivity index (χ4n) is 3.82. The van der Waals surface area contributed by atoms with Crippen molar-refractivity contribution in [2.75, 3.05) is 6.54 Å². The van der Waals surface area contributed by atoms with E-state index in [4.69, 9.17) is 0 Å². The summed E-state index contributed by atoms with van der Waals surface area (Å²) < 4.78 is 2.18. The standard InChI is InChI=1S/C18H33N3/c1-4-19-18(16-11-9-7-6-8-10-12-16)14-17-13-15(3)20-21(17)5-2/h13,16,18-19H,4-12,14H2,1-3H3. The molecule has 0 aromatic carbocycles. The van der Waals surface area contributed by atoms with Gasteiger partial charge in [-0.1, -0.05) is 39.0 Å². The molecule has 1 unspecified atom stereocenters. The molecule has 0 spiro atoms. The average Bonchev–Trinajstić information content (AvgIpc) is 2.78. The van der Waals surface area contributed by atoms with Crippen molar-refractivity contribution in [3.05, 3.63) is 17.5 Å². The maximum Gasteiger partial charge on any atom is 0.0596 e. The molecule has 120 valence electrons. The van der Waals surface area contributed by atoms with E-state index in [0.29, 0.717) is 6.04 Å². The van der Waals surface area contributed by atoms with E-state index in [-0.39, 0.29) is 0 Å². The molecule has 1 saturated carbocycles. The highest BCUT2D eigenvalue weighted by Crippen LogP contribution is 2.26. The third-order valence-corrected chi connectivity index (χ3v) is 4.90. The van der Waals surface area contributed by atoms with Crippen LogP contribution in [-0.2, 0) is 13.0 Å². The van der Waals surface area contributed by atoms with Crippen LogP contribution in [0.2, 0.25) is 0 Å². The van der Waals surface area contributed by atoms with Crippen LogP contribution in [0, 0.1) is 12.8 Å². The Kier molecular flexibility index (Phi) is 6.75. The van der Waals surface area contributed by atoms with Crippen LogP contribution in [0.25, 0.3) is 0 Å². The monoisotopic (exact) mass is 291 g/mol. The van der Waals surface area contributed by atoms with E-state index in [1.165, 1.54) is 50.6 Å². The second-order valence-corrected chi connectivity index (χ2v) is 6.57. The van der Waals surface area contributed by atoms with Crippen LogP contribution in [0.4, 0.5) is 0 Å². The molecule has 0 radical (unpaired) electrons. The molecule has 0 saturated heterocycles. The van der Waals surface area contributed by atoms with E-state index in [9.17, 15) is 0 Å². The highest BCUT2D eigenvalue weighted by atomic mass is 15.3. The van der Waals surface area contributed by atoms with Gasteiger partial charge in [0.2, 0.25) is 0 Å². The number of likely N-dealkylation sites (N-methyl/N-ethyl adjacent to an activating group) is 1. The first-order chi connectivity index (χ1) is 10.2. The van der Waals surface area contributed by atoms with Crippen molar-refractivity contribution < 1.29 is 0 Å². The lowest BCUT2D eigenvalue weighted by Crippen LogP contribution is -2.39. The van der Waals surface area contributed by atoms with Crippen molar-refractivity contribution in [2.24, 2.45) is 5.92 Å². The quantitative estimate of drug-likeness (QED) is 0.855. The summed E-state index contributed by atoms with van der Waals surface area (Å²) >= 11 is 0. The summed E-state index contributed by atoms with van der Waals surface area (Å²) in [6.07, 6.45) is 11.1. The van der Waals surface area contributed by atoms with Gasteiger partial charge < -0.3 is 5.32 Å². The summed E-state index contributed by atoms with van der Waals surface area (Å²) in [7, 11) is 0. The summed E-state index contributed by atoms with van der Waals surface area (Å²) in [5.41, 5.74) is 2.56. The molecule has 3 heteroatoms. The van der Waals surface area contributed by atoms with Gasteiger partial charge in [0.15, 0.2) is 0 Å². The molecule has 1 aromatic rings. The Hall–Kier alpha value is -0.830. The summed E-state index contributed by atoms with van der Waals surface area (Å²) in [4.78, 5) is 0. The lowest BCUT2D eigenvalue weighted by molar-refractivity contribution is 0.282. The van der Waals surface area contributed by atoms with Gasteiger partial charge in [-0.3, -0.25) is 4.68 Å². The number of nitrogens with one attached hydrogen (secondary N) is 1. The largest absolute Gasteiger partial charge is 0.314 e. The number of aryl methyl sites for hydroxylation is 2. The van der Waals surface area contributed by atoms with Gasteiger partial charge in [-0.15, -0.1) is 0 Å². The summed E-state index contributed by atoms with van der Waals surface area (Å²) in [6.45, 7) is 8.58. The first kappa shape index (κ1) is 16.5. The zero-order valence-corrected chi connectivity index (χ0v) is 14.2. The topological polar surface area (TPSA) is 29.9 Å². The third kappa shape index (κ3) is 4.84. The van der Waals surface area contributed by atoms with Crippen molar-refractivity contribution in [3.63, 3.8) is 0 Å². The molecule has 0 bridgehead atoms. The smallest absolute Gasteiger partial charge is 0.0596 e. The number of hydrogen-bond donors (Lipinski definition) is 1. The van der Waals surface area contributed by atoms with Crippen LogP contribution in [0.15, 0.2) is 6.07 Å². The van der Waals surface area contributed by atoms with E-state index >= 15 is 0 Å². The summed E-state index contributed by atoms with van der Waals surface area (Å²) in [5.74, 6) is 0.839. The Morgan fingerprint density at radius 3 is 2.48 bits per heavy atom. The van der Waals surface area contributed by atoms with Gasteiger partial charge >= 0.3 is 0 Å². The zero-order chi connectivity index (χ0) is 15.1. The minimum absolute atomic E-state index is 0.620. The van der Waals surface area contributed by atoms with Crippen LogP contribution in [0.3, 0.4) is 0 Å². The predicted octanol–water partition coefficient (Wildman–Crippen LogP) is 4.09. The van der Waals surface area contributed by atoms with Crippen LogP contribution in [-0.4, -0.2) is 22.4 Å². The van der Waals surface area contributed by atoms with Crippen molar-refractivity contribution in [1.82, 2.24) is 15.1 Å². The minimum atomic E-state index is 0.620. The maximum absolute atomic E-state index is 4.61. The predicted molar refractivity (Wildman–Crippen MR) is 89.6 cm³/mol. The average molecular weight is 291 g/mol. The summed E-state index contributed by atoms with van der Waals surface area (Å²) in [5, 5.41) is 8.38. The van der Waals surface area contributed by atoms with Gasteiger partial charge in [-0.05, 0) is 45.2 Å². The lowest BCUT2D eigenvalue weighted by atomic mass is 9.84. The van der Waals surface area contributed by atoms with Gasteiger partial charge in [0.1, 0.15) is 0 Å². The third-order valence-electron chi connectivity index (χ3n) is 4.90. The first-order valence-electron chi connectivity index (χ1n) is 9.01. The van der Waals surface area contributed by atoms with E-state index in [1.54, 1.807) is 0 Å². The Morgan fingerprint density at radius 2 is 1.86 bits per heavy atom. The van der Waals surface area contributed by atoms with Gasteiger partial charge in [0.05, 0.1) is 5.69 Å². The number of nitrogens with zero attached hydrogens (tertiary/aromatic N) is 2. The molecule has 1 N–H and O–H groups in total. The van der Waals surface area contributed by atoms with E-state index in [0.717, 1.165) is 31.1 Å². The Morgan fingerprint density at radius 1 is 1.19 bits per heavy atom. The highest BCUT2D eigenvalue weighted by molar-refractivity contribution is 5.11. The molecule has 0 aliphatic heterocycles. The van der Waals surface area contributed by atoms with Crippen LogP contribution < -0.4 is 5.32 Å². The van der Waals surface area contributed by atoms with E-state index in [1.807, 2.05) is 0 Å². The molecule has 1 aliphatic rings. The fraction of sp³-hybridized carbons (Fsp3) is 0.833.